The van der Waals surface area contributed by atoms with Crippen LogP contribution in [0, 0.1) is 11.8 Å². The highest BCUT2D eigenvalue weighted by molar-refractivity contribution is 6.05. The second-order valence-electron chi connectivity index (χ2n) is 7.11. The van der Waals surface area contributed by atoms with Crippen LogP contribution in [0.3, 0.4) is 0 Å². The number of hydrogen-bond acceptors (Lipinski definition) is 4. The van der Waals surface area contributed by atoms with Gasteiger partial charge < -0.3 is 20.7 Å². The smallest absolute Gasteiger partial charge is 0.257 e. The zero-order valence-corrected chi connectivity index (χ0v) is 16.5. The van der Waals surface area contributed by atoms with Crippen LogP contribution in [0.4, 0.5) is 11.4 Å². The highest BCUT2D eigenvalue weighted by Gasteiger charge is 2.39. The van der Waals surface area contributed by atoms with Gasteiger partial charge in [0.05, 0.1) is 0 Å². The number of likely N-dealkylation sites (N-methyl/N-ethyl adjacent to an activating group) is 1. The average molecular weight is 395 g/mol. The summed E-state index contributed by atoms with van der Waals surface area (Å²) in [6, 6.07) is 13.6. The lowest BCUT2D eigenvalue weighted by Gasteiger charge is -2.10. The minimum absolute atomic E-state index is 0.00161. The third-order valence-corrected chi connectivity index (χ3v) is 4.69. The van der Waals surface area contributed by atoms with Gasteiger partial charge >= 0.3 is 0 Å². The Morgan fingerprint density at radius 1 is 1.03 bits per heavy atom. The highest BCUT2D eigenvalue weighted by atomic mass is 16.5. The molecule has 3 amide bonds. The van der Waals surface area contributed by atoms with Crippen LogP contribution in [0.25, 0.3) is 0 Å². The summed E-state index contributed by atoms with van der Waals surface area (Å²) in [7, 11) is 0. The van der Waals surface area contributed by atoms with E-state index in [0.29, 0.717) is 35.2 Å². The van der Waals surface area contributed by atoms with E-state index in [2.05, 4.69) is 16.0 Å². The fourth-order valence-electron chi connectivity index (χ4n) is 2.90. The number of carbonyl (C=O) groups is 3. The van der Waals surface area contributed by atoms with E-state index in [1.165, 1.54) is 0 Å². The Balaban J connectivity index is 1.55. The highest BCUT2D eigenvalue weighted by Crippen LogP contribution is 2.38. The number of amides is 3. The van der Waals surface area contributed by atoms with Gasteiger partial charge in [-0.3, -0.25) is 14.4 Å². The molecule has 7 heteroatoms. The number of ether oxygens (including phenoxy) is 1. The van der Waals surface area contributed by atoms with Crippen LogP contribution in [0.15, 0.2) is 48.5 Å². The second-order valence-corrected chi connectivity index (χ2v) is 7.11. The Labute approximate surface area is 169 Å². The Morgan fingerprint density at radius 3 is 2.41 bits per heavy atom. The SMILES string of the molecule is CCNC(=O)COc1ccc(NC(=O)c2cccc(NC(=O)C3CC3C)c2)cc1. The molecule has 0 bridgehead atoms. The van der Waals surface area contributed by atoms with Crippen molar-refractivity contribution in [1.82, 2.24) is 5.32 Å². The lowest BCUT2D eigenvalue weighted by molar-refractivity contribution is -0.123. The van der Waals surface area contributed by atoms with Crippen molar-refractivity contribution in [3.8, 4) is 5.75 Å². The van der Waals surface area contributed by atoms with Crippen LogP contribution >= 0.6 is 0 Å². The summed E-state index contributed by atoms with van der Waals surface area (Å²) in [5, 5.41) is 8.32. The first-order valence-electron chi connectivity index (χ1n) is 9.68. The molecule has 1 fully saturated rings. The molecule has 3 rings (SSSR count). The van der Waals surface area contributed by atoms with Gasteiger partial charge in [0.1, 0.15) is 5.75 Å². The molecule has 1 saturated carbocycles. The maximum atomic E-state index is 12.5. The van der Waals surface area contributed by atoms with Gasteiger partial charge in [-0.2, -0.15) is 0 Å². The van der Waals surface area contributed by atoms with Crippen molar-refractivity contribution < 1.29 is 19.1 Å². The lowest BCUT2D eigenvalue weighted by Crippen LogP contribution is -2.28. The summed E-state index contributed by atoms with van der Waals surface area (Å²) >= 11 is 0. The summed E-state index contributed by atoms with van der Waals surface area (Å²) in [5.74, 6) is 0.562. The monoisotopic (exact) mass is 395 g/mol. The minimum Gasteiger partial charge on any atom is -0.484 e. The van der Waals surface area contributed by atoms with Crippen molar-refractivity contribution in [3.63, 3.8) is 0 Å². The normalized spacial score (nSPS) is 17.2. The molecule has 2 unspecified atom stereocenters. The van der Waals surface area contributed by atoms with Gasteiger partial charge in [-0.25, -0.2) is 0 Å². The third-order valence-electron chi connectivity index (χ3n) is 4.69. The number of anilines is 2. The van der Waals surface area contributed by atoms with Gasteiger partial charge in [0.15, 0.2) is 6.61 Å². The second kappa shape index (κ2) is 9.23. The average Bonchev–Trinajstić information content (AvgIpc) is 3.45. The predicted octanol–water partition coefficient (Wildman–Crippen LogP) is 3.05. The summed E-state index contributed by atoms with van der Waals surface area (Å²) in [5.41, 5.74) is 1.65. The summed E-state index contributed by atoms with van der Waals surface area (Å²) in [6.07, 6.45) is 0.912. The topological polar surface area (TPSA) is 96.5 Å². The van der Waals surface area contributed by atoms with Crippen molar-refractivity contribution in [2.45, 2.75) is 20.3 Å². The van der Waals surface area contributed by atoms with E-state index in [1.54, 1.807) is 48.5 Å². The Morgan fingerprint density at radius 2 is 1.76 bits per heavy atom. The molecule has 1 aliphatic rings. The van der Waals surface area contributed by atoms with Crippen LogP contribution in [0.5, 0.6) is 5.75 Å². The summed E-state index contributed by atoms with van der Waals surface area (Å²) in [6.45, 7) is 4.38. The third kappa shape index (κ3) is 5.81. The van der Waals surface area contributed by atoms with Crippen molar-refractivity contribution >= 4 is 29.1 Å². The summed E-state index contributed by atoms with van der Waals surface area (Å²) < 4.78 is 5.38. The fraction of sp³-hybridized carbons (Fsp3) is 0.318. The minimum atomic E-state index is -0.281. The fourth-order valence-corrected chi connectivity index (χ4v) is 2.90. The maximum Gasteiger partial charge on any atom is 0.257 e. The van der Waals surface area contributed by atoms with Crippen molar-refractivity contribution in [2.75, 3.05) is 23.8 Å². The largest absolute Gasteiger partial charge is 0.484 e. The number of carbonyl (C=O) groups excluding carboxylic acids is 3. The first-order valence-corrected chi connectivity index (χ1v) is 9.68. The van der Waals surface area contributed by atoms with E-state index in [9.17, 15) is 14.4 Å². The van der Waals surface area contributed by atoms with Crippen molar-refractivity contribution in [1.29, 1.82) is 0 Å². The van der Waals surface area contributed by atoms with Gasteiger partial charge in [-0.15, -0.1) is 0 Å². The summed E-state index contributed by atoms with van der Waals surface area (Å²) in [4.78, 5) is 36.0. The van der Waals surface area contributed by atoms with Gasteiger partial charge in [0.25, 0.3) is 11.8 Å². The zero-order valence-electron chi connectivity index (χ0n) is 16.5. The predicted molar refractivity (Wildman–Crippen MR) is 111 cm³/mol. The van der Waals surface area contributed by atoms with Crippen molar-refractivity contribution in [2.24, 2.45) is 11.8 Å². The molecule has 0 spiro atoms. The van der Waals surface area contributed by atoms with Crippen LogP contribution < -0.4 is 20.7 Å². The van der Waals surface area contributed by atoms with E-state index >= 15 is 0 Å². The number of rotatable bonds is 8. The molecule has 0 heterocycles. The molecule has 0 aliphatic heterocycles. The van der Waals surface area contributed by atoms with Crippen LogP contribution in [-0.4, -0.2) is 30.9 Å². The molecule has 1 aliphatic carbocycles. The number of hydrogen-bond donors (Lipinski definition) is 3. The van der Waals surface area contributed by atoms with Crippen molar-refractivity contribution in [3.05, 3.63) is 54.1 Å². The van der Waals surface area contributed by atoms with E-state index in [0.717, 1.165) is 6.42 Å². The van der Waals surface area contributed by atoms with Gasteiger partial charge in [-0.1, -0.05) is 13.0 Å². The molecule has 29 heavy (non-hydrogen) atoms. The van der Waals surface area contributed by atoms with Gasteiger partial charge in [0.2, 0.25) is 5.91 Å². The molecule has 7 nitrogen and oxygen atoms in total. The van der Waals surface area contributed by atoms with Gasteiger partial charge in [-0.05, 0) is 61.7 Å². The number of nitrogens with one attached hydrogen (secondary N) is 3. The molecular formula is C22H25N3O4. The van der Waals surface area contributed by atoms with Crippen LogP contribution in [0.1, 0.15) is 30.6 Å². The zero-order chi connectivity index (χ0) is 20.8. The molecule has 0 saturated heterocycles. The van der Waals surface area contributed by atoms with E-state index in [4.69, 9.17) is 4.74 Å². The molecular weight excluding hydrogens is 370 g/mol. The van der Waals surface area contributed by atoms with Crippen LogP contribution in [0.2, 0.25) is 0 Å². The molecule has 2 aromatic rings. The standard InChI is InChI=1S/C22H25N3O4/c1-3-23-20(26)13-29-18-9-7-16(8-10-18)24-21(27)15-5-4-6-17(12-15)25-22(28)19-11-14(19)2/h4-10,12,14,19H,3,11,13H2,1-2H3,(H,23,26)(H,24,27)(H,25,28). The maximum absolute atomic E-state index is 12.5. The molecule has 2 aromatic carbocycles. The first-order chi connectivity index (χ1) is 14.0. The molecule has 152 valence electrons. The first kappa shape index (κ1) is 20.4. The van der Waals surface area contributed by atoms with Gasteiger partial charge in [0, 0.05) is 29.4 Å². The number of benzene rings is 2. The molecule has 0 aromatic heterocycles. The van der Waals surface area contributed by atoms with Crippen LogP contribution in [-0.2, 0) is 9.59 Å². The van der Waals surface area contributed by atoms with E-state index in [-0.39, 0.29) is 30.2 Å². The van der Waals surface area contributed by atoms with E-state index < -0.39 is 0 Å². The Hall–Kier alpha value is -3.35. The Bertz CT molecular complexity index is 895. The molecule has 3 N–H and O–H groups in total. The molecule has 0 radical (unpaired) electrons. The quantitative estimate of drug-likeness (QED) is 0.640. The Kier molecular flexibility index (Phi) is 6.49. The lowest BCUT2D eigenvalue weighted by atomic mass is 10.1. The van der Waals surface area contributed by atoms with E-state index in [1.807, 2.05) is 13.8 Å². The molecule has 2 atom stereocenters.